The molecule has 0 aromatic heterocycles. The molecule has 2 unspecified atom stereocenters. The molecule has 94 heavy (non-hydrogen) atoms. The third-order valence-corrected chi connectivity index (χ3v) is 19.8. The van der Waals surface area contributed by atoms with Gasteiger partial charge in [-0.2, -0.15) is 0 Å². The van der Waals surface area contributed by atoms with E-state index in [0.717, 1.165) is 44.9 Å². The van der Waals surface area contributed by atoms with Crippen LogP contribution in [0.5, 0.6) is 0 Å². The van der Waals surface area contributed by atoms with Gasteiger partial charge in [0.05, 0.1) is 27.7 Å². The lowest BCUT2D eigenvalue weighted by atomic mass is 10.0. The lowest BCUT2D eigenvalue weighted by Gasteiger charge is -2.24. The number of allylic oxidation sites excluding steroid dienone is 8. The molecule has 10 heteroatoms. The summed E-state index contributed by atoms with van der Waals surface area (Å²) in [6.07, 6.45) is 99.9. The van der Waals surface area contributed by atoms with Crippen molar-refractivity contribution in [2.24, 2.45) is 0 Å². The SMILES string of the molecule is CCCCCCC/C=C\C/C=C\C/C=C\CCCCCCCCCCCCCCCCCCCCCCCCCCC(=O)OC(COC(=O)CCCCCCCCCCCCCCCCCCCCC/C=C\CCCCCCCCCC)COP(=O)(O)OCC[N+](C)(C)C. The summed E-state index contributed by atoms with van der Waals surface area (Å²) in [7, 11) is 1.50. The first kappa shape index (κ1) is 92.0. The van der Waals surface area contributed by atoms with Crippen LogP contribution < -0.4 is 0 Å². The Morgan fingerprint density at radius 2 is 0.574 bits per heavy atom. The van der Waals surface area contributed by atoms with Gasteiger partial charge in [0.2, 0.25) is 0 Å². The van der Waals surface area contributed by atoms with Crippen molar-refractivity contribution < 1.29 is 42.1 Å². The zero-order valence-corrected chi connectivity index (χ0v) is 64.4. The van der Waals surface area contributed by atoms with Crippen LogP contribution in [0.2, 0.25) is 0 Å². The number of phosphoric acid groups is 1. The number of phosphoric ester groups is 1. The maximum atomic E-state index is 12.9. The van der Waals surface area contributed by atoms with E-state index < -0.39 is 26.5 Å². The van der Waals surface area contributed by atoms with E-state index in [9.17, 15) is 19.0 Å². The number of esters is 2. The number of ether oxygens (including phenoxy) is 2. The molecule has 0 fully saturated rings. The predicted molar refractivity (Wildman–Crippen MR) is 409 cm³/mol. The Bertz CT molecular complexity index is 1720. The lowest BCUT2D eigenvalue weighted by molar-refractivity contribution is -0.870. The fraction of sp³-hybridized carbons (Fsp3) is 0.881. The molecular formula is C84H161NO8P+. The van der Waals surface area contributed by atoms with Crippen molar-refractivity contribution in [2.75, 3.05) is 47.5 Å². The summed E-state index contributed by atoms with van der Waals surface area (Å²) in [5, 5.41) is 0. The van der Waals surface area contributed by atoms with E-state index in [4.69, 9.17) is 18.5 Å². The minimum atomic E-state index is -4.39. The number of carbonyl (C=O) groups excluding carboxylic acids is 2. The summed E-state index contributed by atoms with van der Waals surface area (Å²) in [6, 6.07) is 0. The summed E-state index contributed by atoms with van der Waals surface area (Å²) in [6.45, 7) is 4.50. The standard InChI is InChI=1S/C84H160NO8P/c1-6-8-10-12-14-16-18-20-22-24-26-28-30-32-34-36-38-39-40-41-42-43-44-45-47-49-51-53-55-57-59-61-63-65-67-69-71-73-75-77-84(87)93-82(81-92-94(88,89)91-79-78-85(3,4)5)80-90-83(86)76-74-72-70-68-66-64-62-60-58-56-54-52-50-48-46-37-35-33-31-29-27-25-23-21-19-17-15-13-11-9-7-2/h18,20,24-27,30,32,82H,6-17,19,21-23,28-29,31,33-81H2,1-5H3/p+1/b20-18-,26-24-,27-25-,32-30-. The summed E-state index contributed by atoms with van der Waals surface area (Å²) in [4.78, 5) is 36.0. The highest BCUT2D eigenvalue weighted by molar-refractivity contribution is 7.47. The number of nitrogens with zero attached hydrogens (tertiary/aromatic N) is 1. The summed E-state index contributed by atoms with van der Waals surface area (Å²) in [5.74, 6) is -0.771. The summed E-state index contributed by atoms with van der Waals surface area (Å²) in [5.41, 5.74) is 0. The smallest absolute Gasteiger partial charge is 0.462 e. The van der Waals surface area contributed by atoms with Gasteiger partial charge in [-0.15, -0.1) is 0 Å². The van der Waals surface area contributed by atoms with Crippen molar-refractivity contribution in [3.63, 3.8) is 0 Å². The maximum Gasteiger partial charge on any atom is 0.472 e. The molecule has 0 rings (SSSR count). The van der Waals surface area contributed by atoms with Gasteiger partial charge in [0.25, 0.3) is 0 Å². The molecule has 554 valence electrons. The van der Waals surface area contributed by atoms with Crippen LogP contribution in [0.3, 0.4) is 0 Å². The average molecular weight is 1340 g/mol. The normalized spacial score (nSPS) is 13.2. The molecule has 0 aromatic rings. The van der Waals surface area contributed by atoms with Crippen LogP contribution in [0.25, 0.3) is 0 Å². The first-order valence-corrected chi connectivity index (χ1v) is 42.9. The first-order chi connectivity index (χ1) is 46.0. The van der Waals surface area contributed by atoms with E-state index in [-0.39, 0.29) is 25.6 Å². The highest BCUT2D eigenvalue weighted by atomic mass is 31.2. The van der Waals surface area contributed by atoms with E-state index in [2.05, 4.69) is 62.5 Å². The van der Waals surface area contributed by atoms with Crippen LogP contribution in [0.1, 0.15) is 425 Å². The molecule has 0 aliphatic heterocycles. The third kappa shape index (κ3) is 79.0. The van der Waals surface area contributed by atoms with Crippen molar-refractivity contribution in [3.8, 4) is 0 Å². The van der Waals surface area contributed by atoms with Crippen molar-refractivity contribution in [3.05, 3.63) is 48.6 Å². The van der Waals surface area contributed by atoms with E-state index in [1.165, 1.54) is 347 Å². The molecular weight excluding hydrogens is 1180 g/mol. The number of hydrogen-bond donors (Lipinski definition) is 1. The molecule has 0 aliphatic carbocycles. The van der Waals surface area contributed by atoms with Crippen molar-refractivity contribution >= 4 is 19.8 Å². The minimum absolute atomic E-state index is 0.0349. The van der Waals surface area contributed by atoms with Crippen LogP contribution in [0.4, 0.5) is 0 Å². The van der Waals surface area contributed by atoms with Gasteiger partial charge < -0.3 is 18.9 Å². The molecule has 0 aliphatic rings. The highest BCUT2D eigenvalue weighted by Crippen LogP contribution is 2.43. The molecule has 0 saturated heterocycles. The number of hydrogen-bond acceptors (Lipinski definition) is 7. The van der Waals surface area contributed by atoms with Crippen LogP contribution in [-0.2, 0) is 32.7 Å². The van der Waals surface area contributed by atoms with Gasteiger partial charge in [-0.05, 0) is 77.0 Å². The number of unbranched alkanes of at least 4 members (excludes halogenated alkanes) is 56. The summed E-state index contributed by atoms with van der Waals surface area (Å²) >= 11 is 0. The van der Waals surface area contributed by atoms with Crippen molar-refractivity contribution in [2.45, 2.75) is 431 Å². The number of likely N-dealkylation sites (N-methyl/N-ethyl adjacent to an activating group) is 1. The van der Waals surface area contributed by atoms with Gasteiger partial charge in [0.1, 0.15) is 19.8 Å². The molecule has 9 nitrogen and oxygen atoms in total. The molecule has 2 atom stereocenters. The fourth-order valence-corrected chi connectivity index (χ4v) is 13.2. The Morgan fingerprint density at radius 3 is 0.862 bits per heavy atom. The van der Waals surface area contributed by atoms with Crippen LogP contribution >= 0.6 is 7.82 Å². The van der Waals surface area contributed by atoms with Crippen LogP contribution in [-0.4, -0.2) is 74.9 Å². The third-order valence-electron chi connectivity index (χ3n) is 18.8. The monoisotopic (exact) mass is 1340 g/mol. The van der Waals surface area contributed by atoms with E-state index in [0.29, 0.717) is 23.9 Å². The molecule has 0 amide bonds. The fourth-order valence-electron chi connectivity index (χ4n) is 12.5. The second-order valence-electron chi connectivity index (χ2n) is 29.5. The number of quaternary nitrogens is 1. The zero-order chi connectivity index (χ0) is 68.3. The Morgan fingerprint density at radius 1 is 0.330 bits per heavy atom. The lowest BCUT2D eigenvalue weighted by Crippen LogP contribution is -2.37. The minimum Gasteiger partial charge on any atom is -0.462 e. The van der Waals surface area contributed by atoms with Crippen molar-refractivity contribution in [1.82, 2.24) is 0 Å². The molecule has 0 heterocycles. The van der Waals surface area contributed by atoms with Gasteiger partial charge in [-0.25, -0.2) is 4.57 Å². The topological polar surface area (TPSA) is 108 Å². The van der Waals surface area contributed by atoms with E-state index >= 15 is 0 Å². The maximum absolute atomic E-state index is 12.9. The predicted octanol–water partition coefficient (Wildman–Crippen LogP) is 27.5. The molecule has 1 N–H and O–H groups in total. The van der Waals surface area contributed by atoms with Crippen molar-refractivity contribution in [1.29, 1.82) is 0 Å². The van der Waals surface area contributed by atoms with E-state index in [1.54, 1.807) is 0 Å². The largest absolute Gasteiger partial charge is 0.472 e. The van der Waals surface area contributed by atoms with Gasteiger partial charge in [-0.1, -0.05) is 383 Å². The molecule has 0 spiro atoms. The van der Waals surface area contributed by atoms with Gasteiger partial charge in [0.15, 0.2) is 6.10 Å². The second kappa shape index (κ2) is 75.2. The molecule has 0 bridgehead atoms. The Balaban J connectivity index is 3.89. The zero-order valence-electron chi connectivity index (χ0n) is 63.5. The van der Waals surface area contributed by atoms with E-state index in [1.807, 2.05) is 21.1 Å². The van der Waals surface area contributed by atoms with Gasteiger partial charge in [0, 0.05) is 12.8 Å². The number of carbonyl (C=O) groups is 2. The van der Waals surface area contributed by atoms with Gasteiger partial charge in [-0.3, -0.25) is 18.6 Å². The first-order valence-electron chi connectivity index (χ1n) is 41.4. The molecule has 0 radical (unpaired) electrons. The Kier molecular flexibility index (Phi) is 73.6. The molecule has 0 saturated carbocycles. The van der Waals surface area contributed by atoms with Crippen LogP contribution in [0.15, 0.2) is 48.6 Å². The summed E-state index contributed by atoms with van der Waals surface area (Å²) < 4.78 is 34.9. The highest BCUT2D eigenvalue weighted by Gasteiger charge is 2.27. The van der Waals surface area contributed by atoms with Crippen LogP contribution in [0, 0.1) is 0 Å². The second-order valence-corrected chi connectivity index (χ2v) is 31.0. The molecule has 0 aromatic carbocycles. The quantitative estimate of drug-likeness (QED) is 0.0211. The Labute approximate surface area is 585 Å². The average Bonchev–Trinajstić information content (AvgIpc) is 1.56. The number of rotatable bonds is 78. The Hall–Kier alpha value is -2.03. The van der Waals surface area contributed by atoms with Gasteiger partial charge >= 0.3 is 19.8 Å².